The van der Waals surface area contributed by atoms with Crippen molar-refractivity contribution in [3.05, 3.63) is 70.4 Å². The fourth-order valence-corrected chi connectivity index (χ4v) is 4.60. The molecule has 1 saturated heterocycles. The number of nitrogens with one attached hydrogen (secondary N) is 1. The number of halogens is 1. The third-order valence-electron chi connectivity index (χ3n) is 6.40. The number of benzene rings is 2. The number of piperazine rings is 1. The second-order valence-corrected chi connectivity index (χ2v) is 10.4. The summed E-state index contributed by atoms with van der Waals surface area (Å²) < 4.78 is 12.2. The molecule has 0 amide bonds. The molecule has 0 saturated carbocycles. The third kappa shape index (κ3) is 5.89. The first-order valence-electron chi connectivity index (χ1n) is 12.3. The van der Waals surface area contributed by atoms with Gasteiger partial charge in [-0.05, 0) is 61.0 Å². The van der Waals surface area contributed by atoms with Gasteiger partial charge in [-0.1, -0.05) is 31.5 Å². The molecule has 1 aliphatic heterocycles. The molecule has 7 heteroatoms. The molecule has 0 aliphatic carbocycles. The van der Waals surface area contributed by atoms with Gasteiger partial charge in [0, 0.05) is 49.7 Å². The Morgan fingerprint density at radius 2 is 1.89 bits per heavy atom. The highest BCUT2D eigenvalue weighted by molar-refractivity contribution is 6.30. The predicted molar refractivity (Wildman–Crippen MR) is 141 cm³/mol. The Balaban J connectivity index is 1.31. The van der Waals surface area contributed by atoms with Crippen molar-refractivity contribution in [2.24, 2.45) is 5.92 Å². The number of hydrogen-bond acceptors (Lipinski definition) is 5. The first-order chi connectivity index (χ1) is 16.9. The molecule has 184 valence electrons. The molecule has 0 bridgehead atoms. The van der Waals surface area contributed by atoms with Gasteiger partial charge in [0.2, 0.25) is 0 Å². The van der Waals surface area contributed by atoms with Crippen molar-refractivity contribution in [1.29, 1.82) is 0 Å². The van der Waals surface area contributed by atoms with Gasteiger partial charge in [-0.3, -0.25) is 4.90 Å². The lowest BCUT2D eigenvalue weighted by Gasteiger charge is -2.32. The highest BCUT2D eigenvalue weighted by atomic mass is 35.5. The molecule has 2 aromatic carbocycles. The van der Waals surface area contributed by atoms with E-state index < -0.39 is 0 Å². The van der Waals surface area contributed by atoms with E-state index in [9.17, 15) is 0 Å². The number of likely N-dealkylation sites (N-methyl/N-ethyl adjacent to an activating group) is 1. The highest BCUT2D eigenvalue weighted by Gasteiger charge is 2.16. The molecule has 0 atom stereocenters. The van der Waals surface area contributed by atoms with E-state index in [1.54, 1.807) is 0 Å². The van der Waals surface area contributed by atoms with E-state index >= 15 is 0 Å². The molecule has 35 heavy (non-hydrogen) atoms. The van der Waals surface area contributed by atoms with Crippen LogP contribution in [0.5, 0.6) is 5.75 Å². The number of aromatic amines is 1. The quantitative estimate of drug-likeness (QED) is 0.334. The number of hydrogen-bond donors (Lipinski definition) is 1. The number of aromatic nitrogens is 2. The molecule has 3 heterocycles. The summed E-state index contributed by atoms with van der Waals surface area (Å²) in [6, 6.07) is 16.2. The van der Waals surface area contributed by atoms with Crippen LogP contribution in [0, 0.1) is 5.92 Å². The Hall–Kier alpha value is -2.80. The number of rotatable bonds is 8. The van der Waals surface area contributed by atoms with Gasteiger partial charge in [-0.15, -0.1) is 0 Å². The molecular formula is C28H33ClN4O2. The second-order valence-electron chi connectivity index (χ2n) is 9.92. The molecule has 0 spiro atoms. The number of H-pyrrole nitrogens is 1. The first-order valence-corrected chi connectivity index (χ1v) is 12.7. The topological polar surface area (TPSA) is 57.5 Å². The van der Waals surface area contributed by atoms with Crippen LogP contribution in [-0.2, 0) is 13.0 Å². The lowest BCUT2D eigenvalue weighted by Crippen LogP contribution is -2.43. The van der Waals surface area contributed by atoms with E-state index in [0.717, 1.165) is 72.4 Å². The van der Waals surface area contributed by atoms with Crippen LogP contribution in [-0.4, -0.2) is 59.6 Å². The van der Waals surface area contributed by atoms with Crippen LogP contribution in [0.3, 0.4) is 0 Å². The number of ether oxygens (including phenoxy) is 1. The zero-order chi connectivity index (χ0) is 24.4. The number of imidazole rings is 1. The minimum Gasteiger partial charge on any atom is -0.493 e. The van der Waals surface area contributed by atoms with Gasteiger partial charge in [-0.2, -0.15) is 0 Å². The maximum absolute atomic E-state index is 6.27. The predicted octanol–water partition coefficient (Wildman–Crippen LogP) is 5.85. The summed E-state index contributed by atoms with van der Waals surface area (Å²) in [5, 5.41) is 0.688. The summed E-state index contributed by atoms with van der Waals surface area (Å²) >= 11 is 6.27. The van der Waals surface area contributed by atoms with Crippen LogP contribution in [0.15, 0.2) is 52.9 Å². The zero-order valence-electron chi connectivity index (χ0n) is 20.7. The van der Waals surface area contributed by atoms with Crippen molar-refractivity contribution in [2.75, 3.05) is 39.8 Å². The van der Waals surface area contributed by atoms with Crippen LogP contribution in [0.25, 0.3) is 22.6 Å². The normalized spacial score (nSPS) is 15.3. The van der Waals surface area contributed by atoms with Crippen molar-refractivity contribution in [2.45, 2.75) is 26.8 Å². The molecule has 0 radical (unpaired) electrons. The largest absolute Gasteiger partial charge is 0.493 e. The van der Waals surface area contributed by atoms with E-state index in [4.69, 9.17) is 25.7 Å². The molecule has 0 unspecified atom stereocenters. The van der Waals surface area contributed by atoms with Crippen LogP contribution < -0.4 is 4.74 Å². The standard InChI is InChI=1S/C28H33ClN4O2/c1-19(2)18-34-26-8-5-22(29)15-21(26)16-23-6-9-27(35-23)28-30-24-7-4-20(14-25(24)31-28)17-33-12-10-32(3)11-13-33/h4-9,14-15,19H,10-13,16-18H2,1-3H3,(H,30,31). The summed E-state index contributed by atoms with van der Waals surface area (Å²) in [5.74, 6) is 3.60. The molecule has 1 fully saturated rings. The average molecular weight is 493 g/mol. The Kier molecular flexibility index (Phi) is 7.14. The van der Waals surface area contributed by atoms with Crippen molar-refractivity contribution in [1.82, 2.24) is 19.8 Å². The smallest absolute Gasteiger partial charge is 0.174 e. The Morgan fingerprint density at radius 3 is 2.69 bits per heavy atom. The van der Waals surface area contributed by atoms with Crippen LogP contribution >= 0.6 is 11.6 Å². The number of fused-ring (bicyclic) bond motifs is 1. The molecule has 4 aromatic rings. The molecular weight excluding hydrogens is 460 g/mol. The summed E-state index contributed by atoms with van der Waals surface area (Å²) in [7, 11) is 2.18. The minimum absolute atomic E-state index is 0.448. The fourth-order valence-electron chi connectivity index (χ4n) is 4.41. The van der Waals surface area contributed by atoms with Gasteiger partial charge in [0.15, 0.2) is 11.6 Å². The second kappa shape index (κ2) is 10.4. The van der Waals surface area contributed by atoms with Gasteiger partial charge < -0.3 is 19.0 Å². The molecule has 1 N–H and O–H groups in total. The summed E-state index contributed by atoms with van der Waals surface area (Å²) in [5.41, 5.74) is 4.28. The Labute approximate surface area is 211 Å². The van der Waals surface area contributed by atoms with E-state index in [-0.39, 0.29) is 0 Å². The van der Waals surface area contributed by atoms with E-state index in [1.807, 2.05) is 30.3 Å². The van der Waals surface area contributed by atoms with Crippen LogP contribution in [0.4, 0.5) is 0 Å². The number of furan rings is 1. The first kappa shape index (κ1) is 23.9. The summed E-state index contributed by atoms with van der Waals surface area (Å²) in [6.45, 7) is 10.4. The SMILES string of the molecule is CC(C)COc1ccc(Cl)cc1Cc1ccc(-c2nc3ccc(CN4CCN(C)CC4)cc3[nH]2)o1. The van der Waals surface area contributed by atoms with Gasteiger partial charge in [0.25, 0.3) is 0 Å². The third-order valence-corrected chi connectivity index (χ3v) is 6.64. The van der Waals surface area contributed by atoms with Gasteiger partial charge in [-0.25, -0.2) is 4.98 Å². The molecule has 5 rings (SSSR count). The Morgan fingerprint density at radius 1 is 1.06 bits per heavy atom. The molecule has 1 aliphatic rings. The fraction of sp³-hybridized carbons (Fsp3) is 0.393. The van der Waals surface area contributed by atoms with E-state index in [2.05, 4.69) is 53.9 Å². The zero-order valence-corrected chi connectivity index (χ0v) is 21.4. The van der Waals surface area contributed by atoms with Crippen molar-refractivity contribution < 1.29 is 9.15 Å². The van der Waals surface area contributed by atoms with Crippen molar-refractivity contribution in [3.63, 3.8) is 0 Å². The summed E-state index contributed by atoms with van der Waals surface area (Å²) in [4.78, 5) is 13.1. The molecule has 2 aromatic heterocycles. The van der Waals surface area contributed by atoms with Gasteiger partial charge in [0.05, 0.1) is 17.6 Å². The van der Waals surface area contributed by atoms with E-state index in [0.29, 0.717) is 24.0 Å². The maximum atomic E-state index is 6.27. The van der Waals surface area contributed by atoms with E-state index in [1.165, 1.54) is 5.56 Å². The monoisotopic (exact) mass is 492 g/mol. The lowest BCUT2D eigenvalue weighted by molar-refractivity contribution is 0.148. The summed E-state index contributed by atoms with van der Waals surface area (Å²) in [6.07, 6.45) is 0.601. The lowest BCUT2D eigenvalue weighted by atomic mass is 10.1. The Bertz CT molecular complexity index is 1290. The minimum atomic E-state index is 0.448. The number of nitrogens with zero attached hydrogens (tertiary/aromatic N) is 3. The van der Waals surface area contributed by atoms with Crippen LogP contribution in [0.2, 0.25) is 5.02 Å². The highest BCUT2D eigenvalue weighted by Crippen LogP contribution is 2.29. The average Bonchev–Trinajstić information content (AvgIpc) is 3.46. The van der Waals surface area contributed by atoms with Crippen LogP contribution in [0.1, 0.15) is 30.7 Å². The van der Waals surface area contributed by atoms with Crippen molar-refractivity contribution in [3.8, 4) is 17.3 Å². The molecule has 6 nitrogen and oxygen atoms in total. The van der Waals surface area contributed by atoms with Crippen molar-refractivity contribution >= 4 is 22.6 Å². The van der Waals surface area contributed by atoms with Gasteiger partial charge in [0.1, 0.15) is 11.5 Å². The van der Waals surface area contributed by atoms with Gasteiger partial charge >= 0.3 is 0 Å². The maximum Gasteiger partial charge on any atom is 0.174 e.